The summed E-state index contributed by atoms with van der Waals surface area (Å²) in [6, 6.07) is 12.8. The number of hydrogen-bond donors (Lipinski definition) is 2. The molecule has 26 heavy (non-hydrogen) atoms. The van der Waals surface area contributed by atoms with Crippen LogP contribution < -0.4 is 15.1 Å². The average molecular weight is 355 g/mol. The first kappa shape index (κ1) is 19.3. The smallest absolute Gasteiger partial charge is 0.277 e. The van der Waals surface area contributed by atoms with Crippen molar-refractivity contribution < 1.29 is 14.6 Å². The number of nitrogens with zero attached hydrogens (tertiary/aromatic N) is 2. The molecule has 0 aliphatic heterocycles. The summed E-state index contributed by atoms with van der Waals surface area (Å²) in [4.78, 5) is 13.9. The van der Waals surface area contributed by atoms with Crippen LogP contribution in [0, 0.1) is 6.92 Å². The molecule has 6 heteroatoms. The van der Waals surface area contributed by atoms with Gasteiger partial charge in [0.05, 0.1) is 6.21 Å². The number of hydrogen-bond acceptors (Lipinski definition) is 5. The molecule has 0 aliphatic rings. The number of rotatable bonds is 8. The minimum atomic E-state index is -0.373. The van der Waals surface area contributed by atoms with E-state index >= 15 is 0 Å². The first-order chi connectivity index (χ1) is 12.5. The molecule has 1 amide bonds. The summed E-state index contributed by atoms with van der Waals surface area (Å²) in [6.45, 7) is 7.66. The van der Waals surface area contributed by atoms with Gasteiger partial charge in [0.25, 0.3) is 5.91 Å². The van der Waals surface area contributed by atoms with Crippen molar-refractivity contribution in [2.75, 3.05) is 24.6 Å². The lowest BCUT2D eigenvalue weighted by atomic mass is 10.2. The number of hydrazone groups is 1. The van der Waals surface area contributed by atoms with E-state index in [1.165, 1.54) is 6.21 Å². The zero-order valence-electron chi connectivity index (χ0n) is 15.4. The van der Waals surface area contributed by atoms with Crippen LogP contribution in [-0.2, 0) is 4.79 Å². The fourth-order valence-electron chi connectivity index (χ4n) is 2.49. The van der Waals surface area contributed by atoms with E-state index in [0.29, 0.717) is 11.3 Å². The molecule has 2 rings (SSSR count). The molecule has 0 heterocycles. The van der Waals surface area contributed by atoms with Crippen LogP contribution >= 0.6 is 0 Å². The standard InChI is InChI=1S/C20H25N3O3/c1-4-23(5-2)17-10-9-16(19(24)12-17)13-21-22-20(25)14-26-18-8-6-7-15(3)11-18/h6-13,24H,4-5,14H2,1-3H3,(H,22,25). The Morgan fingerprint density at radius 2 is 2.00 bits per heavy atom. The molecule has 0 atom stereocenters. The van der Waals surface area contributed by atoms with Crippen LogP contribution in [-0.4, -0.2) is 36.9 Å². The van der Waals surface area contributed by atoms with E-state index in [1.54, 1.807) is 18.2 Å². The normalized spacial score (nSPS) is 10.7. The van der Waals surface area contributed by atoms with E-state index < -0.39 is 0 Å². The first-order valence-electron chi connectivity index (χ1n) is 8.62. The quantitative estimate of drug-likeness (QED) is 0.564. The summed E-state index contributed by atoms with van der Waals surface area (Å²) in [5.41, 5.74) is 4.92. The molecule has 0 unspecified atom stereocenters. The second kappa shape index (κ2) is 9.46. The number of ether oxygens (including phenoxy) is 1. The molecule has 0 aromatic heterocycles. The maximum Gasteiger partial charge on any atom is 0.277 e. The largest absolute Gasteiger partial charge is 0.507 e. The molecule has 2 N–H and O–H groups in total. The molecule has 0 saturated carbocycles. The van der Waals surface area contributed by atoms with Gasteiger partial charge in [-0.3, -0.25) is 4.79 Å². The predicted octanol–water partition coefficient (Wildman–Crippen LogP) is 3.08. The van der Waals surface area contributed by atoms with Crippen molar-refractivity contribution in [2.24, 2.45) is 5.10 Å². The molecule has 2 aromatic carbocycles. The summed E-state index contributed by atoms with van der Waals surface area (Å²) < 4.78 is 5.40. The van der Waals surface area contributed by atoms with Gasteiger partial charge in [-0.05, 0) is 50.6 Å². The lowest BCUT2D eigenvalue weighted by Crippen LogP contribution is -2.24. The highest BCUT2D eigenvalue weighted by molar-refractivity contribution is 5.86. The number of benzene rings is 2. The molecule has 0 spiro atoms. The molecule has 0 saturated heterocycles. The Hall–Kier alpha value is -3.02. The lowest BCUT2D eigenvalue weighted by molar-refractivity contribution is -0.123. The van der Waals surface area contributed by atoms with Gasteiger partial charge < -0.3 is 14.7 Å². The number of carbonyl (C=O) groups is 1. The molecule has 0 aliphatic carbocycles. The molecular formula is C20H25N3O3. The molecular weight excluding hydrogens is 330 g/mol. The Morgan fingerprint density at radius 3 is 2.65 bits per heavy atom. The van der Waals surface area contributed by atoms with Crippen LogP contribution in [0.15, 0.2) is 47.6 Å². The minimum absolute atomic E-state index is 0.114. The fourth-order valence-corrected chi connectivity index (χ4v) is 2.49. The summed E-state index contributed by atoms with van der Waals surface area (Å²) in [5, 5.41) is 14.0. The zero-order chi connectivity index (χ0) is 18.9. The van der Waals surface area contributed by atoms with Gasteiger partial charge in [0.1, 0.15) is 11.5 Å². The highest BCUT2D eigenvalue weighted by Crippen LogP contribution is 2.23. The monoisotopic (exact) mass is 355 g/mol. The molecule has 6 nitrogen and oxygen atoms in total. The molecule has 0 fully saturated rings. The number of carbonyl (C=O) groups excluding carboxylic acids is 1. The van der Waals surface area contributed by atoms with Crippen molar-refractivity contribution in [3.8, 4) is 11.5 Å². The number of aromatic hydroxyl groups is 1. The van der Waals surface area contributed by atoms with Gasteiger partial charge in [-0.15, -0.1) is 0 Å². The summed E-state index contributed by atoms with van der Waals surface area (Å²) in [5.74, 6) is 0.374. The third kappa shape index (κ3) is 5.51. The topological polar surface area (TPSA) is 74.2 Å². The third-order valence-electron chi connectivity index (χ3n) is 3.89. The molecule has 2 aromatic rings. The van der Waals surface area contributed by atoms with Gasteiger partial charge in [-0.25, -0.2) is 5.43 Å². The maximum absolute atomic E-state index is 11.8. The number of nitrogens with one attached hydrogen (secondary N) is 1. The van der Waals surface area contributed by atoms with Crippen LogP contribution in [0.25, 0.3) is 0 Å². The Kier molecular flexibility index (Phi) is 7.02. The van der Waals surface area contributed by atoms with Crippen molar-refractivity contribution in [1.29, 1.82) is 0 Å². The number of anilines is 1. The second-order valence-electron chi connectivity index (χ2n) is 5.81. The lowest BCUT2D eigenvalue weighted by Gasteiger charge is -2.21. The maximum atomic E-state index is 11.8. The Labute approximate surface area is 154 Å². The molecule has 0 bridgehead atoms. The average Bonchev–Trinajstić information content (AvgIpc) is 2.63. The van der Waals surface area contributed by atoms with E-state index in [-0.39, 0.29) is 18.3 Å². The molecule has 0 radical (unpaired) electrons. The van der Waals surface area contributed by atoms with Crippen LogP contribution in [0.5, 0.6) is 11.5 Å². The van der Waals surface area contributed by atoms with Gasteiger partial charge in [0, 0.05) is 30.4 Å². The van der Waals surface area contributed by atoms with E-state index in [2.05, 4.69) is 29.3 Å². The second-order valence-corrected chi connectivity index (χ2v) is 5.81. The number of phenols is 1. The summed E-state index contributed by atoms with van der Waals surface area (Å²) in [7, 11) is 0. The van der Waals surface area contributed by atoms with Crippen molar-refractivity contribution in [1.82, 2.24) is 5.43 Å². The highest BCUT2D eigenvalue weighted by Gasteiger charge is 2.06. The highest BCUT2D eigenvalue weighted by atomic mass is 16.5. The van der Waals surface area contributed by atoms with Crippen molar-refractivity contribution in [2.45, 2.75) is 20.8 Å². The van der Waals surface area contributed by atoms with E-state index in [0.717, 1.165) is 24.3 Å². The Morgan fingerprint density at radius 1 is 1.23 bits per heavy atom. The summed E-state index contributed by atoms with van der Waals surface area (Å²) >= 11 is 0. The SMILES string of the molecule is CCN(CC)c1ccc(C=NNC(=O)COc2cccc(C)c2)c(O)c1. The zero-order valence-corrected chi connectivity index (χ0v) is 15.4. The summed E-state index contributed by atoms with van der Waals surface area (Å²) in [6.07, 6.45) is 1.41. The first-order valence-corrected chi connectivity index (χ1v) is 8.62. The van der Waals surface area contributed by atoms with Crippen LogP contribution in [0.3, 0.4) is 0 Å². The number of aryl methyl sites for hydroxylation is 1. The van der Waals surface area contributed by atoms with Crippen LogP contribution in [0.4, 0.5) is 5.69 Å². The van der Waals surface area contributed by atoms with E-state index in [4.69, 9.17) is 4.74 Å². The van der Waals surface area contributed by atoms with Gasteiger partial charge in [-0.1, -0.05) is 12.1 Å². The minimum Gasteiger partial charge on any atom is -0.507 e. The van der Waals surface area contributed by atoms with E-state index in [9.17, 15) is 9.90 Å². The third-order valence-corrected chi connectivity index (χ3v) is 3.89. The van der Waals surface area contributed by atoms with Gasteiger partial charge in [-0.2, -0.15) is 5.10 Å². The van der Waals surface area contributed by atoms with Crippen molar-refractivity contribution in [3.63, 3.8) is 0 Å². The van der Waals surface area contributed by atoms with E-state index in [1.807, 2.05) is 31.2 Å². The number of phenolic OH excluding ortho intramolecular Hbond substituents is 1. The Bertz CT molecular complexity index is 771. The fraction of sp³-hybridized carbons (Fsp3) is 0.300. The van der Waals surface area contributed by atoms with Gasteiger partial charge in [0.15, 0.2) is 6.61 Å². The Balaban J connectivity index is 1.88. The van der Waals surface area contributed by atoms with Crippen molar-refractivity contribution >= 4 is 17.8 Å². The van der Waals surface area contributed by atoms with Crippen molar-refractivity contribution in [3.05, 3.63) is 53.6 Å². The predicted molar refractivity (Wildman–Crippen MR) is 104 cm³/mol. The van der Waals surface area contributed by atoms with Gasteiger partial charge in [0.2, 0.25) is 0 Å². The van der Waals surface area contributed by atoms with Gasteiger partial charge >= 0.3 is 0 Å². The van der Waals surface area contributed by atoms with Crippen LogP contribution in [0.2, 0.25) is 0 Å². The molecule has 138 valence electrons. The van der Waals surface area contributed by atoms with Crippen LogP contribution in [0.1, 0.15) is 25.0 Å². The number of amides is 1.